The van der Waals surface area contributed by atoms with E-state index in [2.05, 4.69) is 29.1 Å². The second-order valence-corrected chi connectivity index (χ2v) is 9.00. The zero-order valence-corrected chi connectivity index (χ0v) is 15.6. The molecular weight excluding hydrogens is 328 g/mol. The van der Waals surface area contributed by atoms with Gasteiger partial charge in [-0.3, -0.25) is 4.79 Å². The summed E-state index contributed by atoms with van der Waals surface area (Å²) in [5.74, 6) is 1.62. The van der Waals surface area contributed by atoms with Crippen molar-refractivity contribution >= 4 is 21.6 Å². The van der Waals surface area contributed by atoms with Crippen molar-refractivity contribution in [3.63, 3.8) is 0 Å². The van der Waals surface area contributed by atoms with E-state index in [1.807, 2.05) is 0 Å². The Labute approximate surface area is 143 Å². The lowest BCUT2D eigenvalue weighted by atomic mass is 10.1. The molecule has 1 aromatic rings. The van der Waals surface area contributed by atoms with Gasteiger partial charge in [0.2, 0.25) is 0 Å². The maximum absolute atomic E-state index is 12.6. The summed E-state index contributed by atoms with van der Waals surface area (Å²) in [6, 6.07) is 1.35. The molecule has 1 aromatic heterocycles. The number of nitrogens with one attached hydrogen (secondary N) is 1. The highest BCUT2D eigenvalue weighted by Crippen LogP contribution is 2.19. The van der Waals surface area contributed by atoms with E-state index in [0.717, 1.165) is 13.0 Å². The number of nitrogens with zero attached hydrogens (tertiary/aromatic N) is 3. The summed E-state index contributed by atoms with van der Waals surface area (Å²) in [5, 5.41) is 3.22. The highest BCUT2D eigenvalue weighted by atomic mass is 32.2. The van der Waals surface area contributed by atoms with Crippen molar-refractivity contribution in [2.75, 3.05) is 30.4 Å². The minimum absolute atomic E-state index is 0.0266. The number of hydrogen-bond acceptors (Lipinski definition) is 6. The van der Waals surface area contributed by atoms with Gasteiger partial charge in [0.15, 0.2) is 9.84 Å². The van der Waals surface area contributed by atoms with Crippen LogP contribution in [0, 0.1) is 12.8 Å². The first kappa shape index (κ1) is 18.6. The maximum Gasteiger partial charge on any atom is 0.272 e. The van der Waals surface area contributed by atoms with Crippen LogP contribution in [0.4, 0.5) is 5.82 Å². The van der Waals surface area contributed by atoms with E-state index in [1.54, 1.807) is 20.0 Å². The largest absolute Gasteiger partial charge is 0.370 e. The van der Waals surface area contributed by atoms with Crippen LogP contribution in [-0.4, -0.2) is 60.3 Å². The van der Waals surface area contributed by atoms with Crippen molar-refractivity contribution in [2.45, 2.75) is 39.7 Å². The first-order chi connectivity index (χ1) is 11.2. The molecule has 1 aliphatic rings. The van der Waals surface area contributed by atoms with Crippen molar-refractivity contribution in [3.05, 3.63) is 17.6 Å². The monoisotopic (exact) mass is 354 g/mol. The summed E-state index contributed by atoms with van der Waals surface area (Å²) in [5.41, 5.74) is 0.293. The highest BCUT2D eigenvalue weighted by molar-refractivity contribution is 7.91. The lowest BCUT2D eigenvalue weighted by molar-refractivity contribution is 0.0741. The topological polar surface area (TPSA) is 92.3 Å². The van der Waals surface area contributed by atoms with Crippen molar-refractivity contribution in [1.29, 1.82) is 0 Å². The minimum atomic E-state index is -3.03. The van der Waals surface area contributed by atoms with E-state index < -0.39 is 9.84 Å². The molecule has 0 saturated carbocycles. The zero-order valence-electron chi connectivity index (χ0n) is 14.7. The molecule has 1 fully saturated rings. The number of anilines is 1. The molecule has 1 atom stereocenters. The van der Waals surface area contributed by atoms with Crippen molar-refractivity contribution < 1.29 is 13.2 Å². The molecule has 0 aliphatic carbocycles. The summed E-state index contributed by atoms with van der Waals surface area (Å²) < 4.78 is 23.2. The Kier molecular flexibility index (Phi) is 5.79. The third-order valence-electron chi connectivity index (χ3n) is 4.16. The summed E-state index contributed by atoms with van der Waals surface area (Å²) >= 11 is 0. The Morgan fingerprint density at radius 1 is 1.42 bits per heavy atom. The van der Waals surface area contributed by atoms with Crippen LogP contribution in [0.5, 0.6) is 0 Å². The molecule has 24 heavy (non-hydrogen) atoms. The minimum Gasteiger partial charge on any atom is -0.370 e. The van der Waals surface area contributed by atoms with Gasteiger partial charge in [-0.05, 0) is 25.7 Å². The van der Waals surface area contributed by atoms with E-state index in [1.165, 1.54) is 4.90 Å². The van der Waals surface area contributed by atoms with Crippen LogP contribution in [0.1, 0.15) is 43.0 Å². The van der Waals surface area contributed by atoms with Crippen LogP contribution in [0.3, 0.4) is 0 Å². The number of carbonyl (C=O) groups excluding carboxylic acids is 1. The van der Waals surface area contributed by atoms with Crippen LogP contribution in [0.15, 0.2) is 6.07 Å². The van der Waals surface area contributed by atoms with E-state index >= 15 is 0 Å². The fraction of sp³-hybridized carbons (Fsp3) is 0.688. The number of amides is 1. The number of aromatic nitrogens is 2. The number of sulfone groups is 1. The molecule has 134 valence electrons. The van der Waals surface area contributed by atoms with Gasteiger partial charge in [0.25, 0.3) is 5.91 Å². The lowest BCUT2D eigenvalue weighted by Crippen LogP contribution is -2.38. The van der Waals surface area contributed by atoms with Crippen molar-refractivity contribution in [2.24, 2.45) is 5.92 Å². The van der Waals surface area contributed by atoms with E-state index in [9.17, 15) is 13.2 Å². The van der Waals surface area contributed by atoms with Gasteiger partial charge in [0.05, 0.1) is 11.5 Å². The first-order valence-corrected chi connectivity index (χ1v) is 10.1. The molecule has 7 nitrogen and oxygen atoms in total. The summed E-state index contributed by atoms with van der Waals surface area (Å²) in [6.45, 7) is 6.81. The molecule has 2 rings (SSSR count). The van der Waals surface area contributed by atoms with Crippen LogP contribution in [0.25, 0.3) is 0 Å². The van der Waals surface area contributed by atoms with Crippen LogP contribution in [-0.2, 0) is 9.84 Å². The standard InChI is InChI=1S/C16H26N4O3S/c1-11(2)5-7-17-15-9-14(18-12(3)19-15)16(21)20(4)13-6-8-24(22,23)10-13/h9,11,13H,5-8,10H2,1-4H3,(H,17,18,19). The normalized spacial score (nSPS) is 19.5. The smallest absolute Gasteiger partial charge is 0.272 e. The van der Waals surface area contributed by atoms with Gasteiger partial charge in [-0.15, -0.1) is 0 Å². The Morgan fingerprint density at radius 3 is 2.71 bits per heavy atom. The van der Waals surface area contributed by atoms with Crippen molar-refractivity contribution in [3.8, 4) is 0 Å². The molecule has 1 aliphatic heterocycles. The molecule has 0 aromatic carbocycles. The van der Waals surface area contributed by atoms with Gasteiger partial charge in [-0.25, -0.2) is 18.4 Å². The zero-order chi connectivity index (χ0) is 17.9. The quantitative estimate of drug-likeness (QED) is 0.832. The number of rotatable bonds is 6. The third-order valence-corrected chi connectivity index (χ3v) is 5.91. The molecular formula is C16H26N4O3S. The molecule has 8 heteroatoms. The molecule has 1 unspecified atom stereocenters. The summed E-state index contributed by atoms with van der Waals surface area (Å²) in [7, 11) is -1.40. The Hall–Kier alpha value is -1.70. The van der Waals surface area contributed by atoms with Gasteiger partial charge in [0, 0.05) is 25.7 Å². The number of hydrogen-bond donors (Lipinski definition) is 1. The second-order valence-electron chi connectivity index (χ2n) is 6.77. The predicted octanol–water partition coefficient (Wildman–Crippen LogP) is 1.50. The van der Waals surface area contributed by atoms with Gasteiger partial charge < -0.3 is 10.2 Å². The fourth-order valence-electron chi connectivity index (χ4n) is 2.68. The molecule has 2 heterocycles. The number of aryl methyl sites for hydroxylation is 1. The molecule has 1 saturated heterocycles. The van der Waals surface area contributed by atoms with Crippen molar-refractivity contribution in [1.82, 2.24) is 14.9 Å². The summed E-state index contributed by atoms with van der Waals surface area (Å²) in [4.78, 5) is 22.7. The average Bonchev–Trinajstić information content (AvgIpc) is 2.85. The molecule has 1 N–H and O–H groups in total. The third kappa shape index (κ3) is 4.90. The van der Waals surface area contributed by atoms with E-state index in [4.69, 9.17) is 0 Å². The predicted molar refractivity (Wildman–Crippen MR) is 93.9 cm³/mol. The number of carbonyl (C=O) groups is 1. The van der Waals surface area contributed by atoms with Gasteiger partial charge in [-0.1, -0.05) is 13.8 Å². The van der Waals surface area contributed by atoms with Gasteiger partial charge in [0.1, 0.15) is 17.3 Å². The lowest BCUT2D eigenvalue weighted by Gasteiger charge is -2.23. The Bertz CT molecular complexity index is 703. The SMILES string of the molecule is Cc1nc(NCCC(C)C)cc(C(=O)N(C)C2CCS(=O)(=O)C2)n1. The van der Waals surface area contributed by atoms with Gasteiger partial charge in [-0.2, -0.15) is 0 Å². The molecule has 0 spiro atoms. The average molecular weight is 354 g/mol. The Morgan fingerprint density at radius 2 is 2.12 bits per heavy atom. The van der Waals surface area contributed by atoms with Gasteiger partial charge >= 0.3 is 0 Å². The second kappa shape index (κ2) is 7.46. The Balaban J connectivity index is 2.09. The van der Waals surface area contributed by atoms with Crippen LogP contribution in [0.2, 0.25) is 0 Å². The molecule has 1 amide bonds. The highest BCUT2D eigenvalue weighted by Gasteiger charge is 2.33. The van der Waals surface area contributed by atoms with E-state index in [0.29, 0.717) is 29.7 Å². The maximum atomic E-state index is 12.6. The van der Waals surface area contributed by atoms with E-state index in [-0.39, 0.29) is 23.5 Å². The molecule has 0 radical (unpaired) electrons. The fourth-order valence-corrected chi connectivity index (χ4v) is 4.46. The first-order valence-electron chi connectivity index (χ1n) is 8.25. The van der Waals surface area contributed by atoms with Crippen LogP contribution >= 0.6 is 0 Å². The summed E-state index contributed by atoms with van der Waals surface area (Å²) in [6.07, 6.45) is 1.49. The molecule has 0 bridgehead atoms. The van der Waals surface area contributed by atoms with Crippen LogP contribution < -0.4 is 5.32 Å².